The zero-order chi connectivity index (χ0) is 11.7. The second-order valence-electron chi connectivity index (χ2n) is 3.79. The van der Waals surface area contributed by atoms with Gasteiger partial charge in [-0.25, -0.2) is 0 Å². The predicted octanol–water partition coefficient (Wildman–Crippen LogP) is 2.72. The highest BCUT2D eigenvalue weighted by Gasteiger charge is 2.32. The molecule has 4 heteroatoms. The molecule has 15 heavy (non-hydrogen) atoms. The molecule has 0 rings (SSSR count). The summed E-state index contributed by atoms with van der Waals surface area (Å²) in [6.07, 6.45) is 0.995. The summed E-state index contributed by atoms with van der Waals surface area (Å²) in [6.45, 7) is 9.28. The molecule has 3 nitrogen and oxygen atoms in total. The van der Waals surface area contributed by atoms with Crippen LogP contribution >= 0.6 is 0 Å². The Morgan fingerprint density at radius 2 is 1.87 bits per heavy atom. The summed E-state index contributed by atoms with van der Waals surface area (Å²) in [5.74, 6) is 0. The third-order valence-electron chi connectivity index (χ3n) is 2.48. The highest BCUT2D eigenvalue weighted by atomic mass is 28.4. The van der Waals surface area contributed by atoms with E-state index < -0.39 is 8.56 Å². The molecule has 90 valence electrons. The van der Waals surface area contributed by atoms with Crippen molar-refractivity contribution in [2.24, 2.45) is 0 Å². The van der Waals surface area contributed by atoms with E-state index in [9.17, 15) is 0 Å². The first-order chi connectivity index (χ1) is 7.10. The Labute approximate surface area is 94.7 Å². The lowest BCUT2D eigenvalue weighted by atomic mass is 10.4. The maximum Gasteiger partial charge on any atom is 0.337 e. The van der Waals surface area contributed by atoms with Gasteiger partial charge in [0.1, 0.15) is 0 Å². The number of hydrogen-bond donors (Lipinski definition) is 0. The van der Waals surface area contributed by atoms with Gasteiger partial charge in [-0.05, 0) is 25.4 Å². The standard InChI is InChI=1S/C11H24O3Si/c1-6-15(12-4,13-5)9-7-8-14-10-11(2)3/h2,6-10H2,1,3-5H3. The average Bonchev–Trinajstić information content (AvgIpc) is 2.24. The van der Waals surface area contributed by atoms with Gasteiger partial charge in [0.2, 0.25) is 0 Å². The fraction of sp³-hybridized carbons (Fsp3) is 0.818. The van der Waals surface area contributed by atoms with Crippen molar-refractivity contribution in [1.29, 1.82) is 0 Å². The molecule has 0 saturated heterocycles. The van der Waals surface area contributed by atoms with E-state index in [0.29, 0.717) is 6.61 Å². The monoisotopic (exact) mass is 232 g/mol. The first-order valence-electron chi connectivity index (χ1n) is 5.42. The number of hydrogen-bond acceptors (Lipinski definition) is 3. The molecule has 0 aliphatic carbocycles. The molecule has 0 atom stereocenters. The third kappa shape index (κ3) is 6.09. The Balaban J connectivity index is 3.67. The summed E-state index contributed by atoms with van der Waals surface area (Å²) >= 11 is 0. The van der Waals surface area contributed by atoms with E-state index in [1.807, 2.05) is 6.92 Å². The molecule has 0 amide bonds. The molecule has 0 unspecified atom stereocenters. The molecule has 0 N–H and O–H groups in total. The van der Waals surface area contributed by atoms with E-state index in [4.69, 9.17) is 13.6 Å². The summed E-state index contributed by atoms with van der Waals surface area (Å²) in [5, 5.41) is 0. The maximum absolute atomic E-state index is 5.51. The highest BCUT2D eigenvalue weighted by Crippen LogP contribution is 2.18. The summed E-state index contributed by atoms with van der Waals surface area (Å²) < 4.78 is 16.5. The summed E-state index contributed by atoms with van der Waals surface area (Å²) in [7, 11) is 1.59. The Morgan fingerprint density at radius 3 is 2.27 bits per heavy atom. The second-order valence-corrected chi connectivity index (χ2v) is 7.63. The Bertz CT molecular complexity index is 170. The van der Waals surface area contributed by atoms with Crippen LogP contribution < -0.4 is 0 Å². The zero-order valence-electron chi connectivity index (χ0n) is 10.5. The van der Waals surface area contributed by atoms with Gasteiger partial charge < -0.3 is 13.6 Å². The van der Waals surface area contributed by atoms with Crippen molar-refractivity contribution in [3.05, 3.63) is 12.2 Å². The van der Waals surface area contributed by atoms with Crippen molar-refractivity contribution in [3.8, 4) is 0 Å². The molecule has 0 aromatic rings. The van der Waals surface area contributed by atoms with Crippen molar-refractivity contribution in [2.45, 2.75) is 32.4 Å². The third-order valence-corrected chi connectivity index (χ3v) is 6.16. The van der Waals surface area contributed by atoms with Gasteiger partial charge in [0.25, 0.3) is 0 Å². The topological polar surface area (TPSA) is 27.7 Å². The van der Waals surface area contributed by atoms with Gasteiger partial charge in [0, 0.05) is 20.8 Å². The van der Waals surface area contributed by atoms with Crippen LogP contribution in [0.5, 0.6) is 0 Å². The van der Waals surface area contributed by atoms with Crippen molar-refractivity contribution >= 4 is 8.56 Å². The zero-order valence-corrected chi connectivity index (χ0v) is 11.5. The van der Waals surface area contributed by atoms with Gasteiger partial charge >= 0.3 is 8.56 Å². The van der Waals surface area contributed by atoms with Crippen LogP contribution in [0.1, 0.15) is 20.3 Å². The van der Waals surface area contributed by atoms with Gasteiger partial charge in [-0.1, -0.05) is 19.1 Å². The molecule has 0 aliphatic rings. The molecule has 0 spiro atoms. The molecular formula is C11H24O3Si. The largest absolute Gasteiger partial charge is 0.398 e. The van der Waals surface area contributed by atoms with Gasteiger partial charge in [-0.15, -0.1) is 0 Å². The van der Waals surface area contributed by atoms with Crippen LogP contribution in [0.4, 0.5) is 0 Å². The maximum atomic E-state index is 5.51. The smallest absolute Gasteiger partial charge is 0.337 e. The van der Waals surface area contributed by atoms with E-state index in [-0.39, 0.29) is 0 Å². The first-order valence-corrected chi connectivity index (χ1v) is 7.65. The van der Waals surface area contributed by atoms with Crippen LogP contribution in [0.25, 0.3) is 0 Å². The van der Waals surface area contributed by atoms with Crippen LogP contribution in [-0.2, 0) is 13.6 Å². The average molecular weight is 232 g/mol. The fourth-order valence-corrected chi connectivity index (χ4v) is 3.63. The van der Waals surface area contributed by atoms with Crippen molar-refractivity contribution in [1.82, 2.24) is 0 Å². The van der Waals surface area contributed by atoms with E-state index in [1.165, 1.54) is 0 Å². The minimum Gasteiger partial charge on any atom is -0.398 e. The molecule has 0 bridgehead atoms. The van der Waals surface area contributed by atoms with Crippen molar-refractivity contribution in [3.63, 3.8) is 0 Å². The highest BCUT2D eigenvalue weighted by molar-refractivity contribution is 6.67. The number of rotatable bonds is 9. The minimum absolute atomic E-state index is 0.653. The van der Waals surface area contributed by atoms with Crippen LogP contribution in [0.3, 0.4) is 0 Å². The first kappa shape index (κ1) is 14.8. The normalized spacial score (nSPS) is 11.7. The lowest BCUT2D eigenvalue weighted by molar-refractivity contribution is 0.152. The summed E-state index contributed by atoms with van der Waals surface area (Å²) in [6, 6.07) is 1.98. The molecule has 0 radical (unpaired) electrons. The molecular weight excluding hydrogens is 208 g/mol. The summed E-state index contributed by atoms with van der Waals surface area (Å²) in [5.41, 5.74) is 1.06. The predicted molar refractivity (Wildman–Crippen MR) is 65.3 cm³/mol. The quantitative estimate of drug-likeness (QED) is 0.347. The Morgan fingerprint density at radius 1 is 1.27 bits per heavy atom. The van der Waals surface area contributed by atoms with Gasteiger partial charge in [0.15, 0.2) is 0 Å². The van der Waals surface area contributed by atoms with E-state index in [0.717, 1.165) is 30.7 Å². The van der Waals surface area contributed by atoms with Gasteiger partial charge in [-0.3, -0.25) is 0 Å². The number of ether oxygens (including phenoxy) is 1. The second kappa shape index (κ2) is 8.04. The van der Waals surface area contributed by atoms with E-state index in [1.54, 1.807) is 14.2 Å². The van der Waals surface area contributed by atoms with Crippen LogP contribution in [-0.4, -0.2) is 36.0 Å². The lowest BCUT2D eigenvalue weighted by Crippen LogP contribution is -2.39. The molecule has 0 saturated carbocycles. The lowest BCUT2D eigenvalue weighted by Gasteiger charge is -2.25. The summed E-state index contributed by atoms with van der Waals surface area (Å²) in [4.78, 5) is 0. The fourth-order valence-electron chi connectivity index (χ4n) is 1.44. The Kier molecular flexibility index (Phi) is 7.96. The van der Waals surface area contributed by atoms with Gasteiger partial charge in [0.05, 0.1) is 6.61 Å². The molecule has 0 aromatic carbocycles. The van der Waals surface area contributed by atoms with E-state index in [2.05, 4.69) is 13.5 Å². The van der Waals surface area contributed by atoms with Gasteiger partial charge in [-0.2, -0.15) is 0 Å². The van der Waals surface area contributed by atoms with Crippen LogP contribution in [0.2, 0.25) is 12.1 Å². The molecule has 0 aromatic heterocycles. The van der Waals surface area contributed by atoms with Crippen LogP contribution in [0.15, 0.2) is 12.2 Å². The van der Waals surface area contributed by atoms with Crippen LogP contribution in [0, 0.1) is 0 Å². The van der Waals surface area contributed by atoms with E-state index >= 15 is 0 Å². The van der Waals surface area contributed by atoms with Crippen molar-refractivity contribution in [2.75, 3.05) is 27.4 Å². The molecule has 0 fully saturated rings. The minimum atomic E-state index is -1.90. The molecule has 0 heterocycles. The SMILES string of the molecule is C=C(C)COCCC[Si](CC)(OC)OC. The van der Waals surface area contributed by atoms with Crippen molar-refractivity contribution < 1.29 is 13.6 Å². The Hall–Kier alpha value is -0.163. The molecule has 0 aliphatic heterocycles.